The molecular weight excluding hydrogens is 492 g/mol. The van der Waals surface area contributed by atoms with Gasteiger partial charge in [0.05, 0.1) is 5.56 Å². The van der Waals surface area contributed by atoms with Crippen LogP contribution in [0.3, 0.4) is 0 Å². The number of nitrogens with one attached hydrogen (secondary N) is 2. The summed E-state index contributed by atoms with van der Waals surface area (Å²) in [5.41, 5.74) is 2.34. The van der Waals surface area contributed by atoms with Crippen molar-refractivity contribution in [2.75, 3.05) is 25.6 Å². The Labute approximate surface area is 219 Å². The van der Waals surface area contributed by atoms with Gasteiger partial charge in [0, 0.05) is 54.6 Å². The molecule has 0 unspecified atom stereocenters. The molecule has 0 aromatic heterocycles. The SMILES string of the molecule is COCCCCCCNC(=S)Nc1ccc(C(=O)O)c(-c2c3ccc(=O)cc-3oc3cc(O)ccc23)c1. The van der Waals surface area contributed by atoms with Crippen molar-refractivity contribution in [1.82, 2.24) is 5.32 Å². The number of rotatable bonds is 10. The van der Waals surface area contributed by atoms with E-state index < -0.39 is 5.97 Å². The lowest BCUT2D eigenvalue weighted by Crippen LogP contribution is -2.29. The standard InChI is InChI=1S/C28H28N2O6S/c1-35-13-5-3-2-4-12-29-28(37)30-17-6-9-20(27(33)34)23(14-17)26-21-10-7-18(31)15-24(21)36-25-16-19(32)8-11-22(25)26/h6-11,14-16,31H,2-5,12-13H2,1H3,(H,33,34)(H2,29,30,37). The summed E-state index contributed by atoms with van der Waals surface area (Å²) in [4.78, 5) is 24.2. The van der Waals surface area contributed by atoms with Crippen LogP contribution in [0.5, 0.6) is 5.75 Å². The summed E-state index contributed by atoms with van der Waals surface area (Å²) >= 11 is 5.45. The smallest absolute Gasteiger partial charge is 0.336 e. The van der Waals surface area contributed by atoms with Crippen molar-refractivity contribution in [2.45, 2.75) is 25.7 Å². The highest BCUT2D eigenvalue weighted by atomic mass is 32.1. The first kappa shape index (κ1) is 26.1. The van der Waals surface area contributed by atoms with Gasteiger partial charge in [0.15, 0.2) is 10.5 Å². The van der Waals surface area contributed by atoms with Gasteiger partial charge in [0.25, 0.3) is 0 Å². The Morgan fingerprint density at radius 1 is 1.00 bits per heavy atom. The maximum Gasteiger partial charge on any atom is 0.336 e. The van der Waals surface area contributed by atoms with Crippen LogP contribution in [-0.4, -0.2) is 41.6 Å². The number of carboxylic acid groups (broad SMARTS) is 1. The predicted molar refractivity (Wildman–Crippen MR) is 148 cm³/mol. The number of phenolic OH excluding ortho intramolecular Hbond substituents is 1. The number of carboxylic acids is 1. The van der Waals surface area contributed by atoms with Crippen LogP contribution in [0.1, 0.15) is 36.0 Å². The first-order valence-corrected chi connectivity index (χ1v) is 12.4. The minimum absolute atomic E-state index is 0.0103. The van der Waals surface area contributed by atoms with Gasteiger partial charge in [-0.15, -0.1) is 0 Å². The van der Waals surface area contributed by atoms with Crippen molar-refractivity contribution in [3.05, 3.63) is 70.4 Å². The van der Waals surface area contributed by atoms with Gasteiger partial charge in [-0.2, -0.15) is 0 Å². The Balaban J connectivity index is 1.67. The van der Waals surface area contributed by atoms with Crippen LogP contribution in [0.4, 0.5) is 5.69 Å². The number of carbonyl (C=O) groups is 1. The number of anilines is 1. The van der Waals surface area contributed by atoms with Gasteiger partial charge in [0.2, 0.25) is 0 Å². The second kappa shape index (κ2) is 11.9. The molecule has 4 N–H and O–H groups in total. The minimum atomic E-state index is -1.10. The maximum absolute atomic E-state index is 12.2. The van der Waals surface area contributed by atoms with E-state index in [4.69, 9.17) is 21.4 Å². The fraction of sp³-hybridized carbons (Fsp3) is 0.250. The number of hydrogen-bond acceptors (Lipinski definition) is 6. The fourth-order valence-corrected chi connectivity index (χ4v) is 4.49. The molecule has 1 heterocycles. The van der Waals surface area contributed by atoms with Gasteiger partial charge < -0.3 is 30.0 Å². The average Bonchev–Trinajstić information content (AvgIpc) is 2.86. The molecule has 0 saturated heterocycles. The fourth-order valence-electron chi connectivity index (χ4n) is 4.27. The Morgan fingerprint density at radius 3 is 2.59 bits per heavy atom. The van der Waals surface area contributed by atoms with Crippen LogP contribution in [0.2, 0.25) is 0 Å². The monoisotopic (exact) mass is 520 g/mol. The van der Waals surface area contributed by atoms with Gasteiger partial charge in [-0.05, 0) is 73.1 Å². The molecule has 2 aromatic rings. The zero-order valence-corrected chi connectivity index (χ0v) is 21.2. The van der Waals surface area contributed by atoms with E-state index in [1.54, 1.807) is 31.4 Å². The highest BCUT2D eigenvalue weighted by molar-refractivity contribution is 7.80. The molecule has 8 nitrogen and oxygen atoms in total. The van der Waals surface area contributed by atoms with Gasteiger partial charge in [-0.3, -0.25) is 4.79 Å². The number of methoxy groups -OCH3 is 1. The zero-order chi connectivity index (χ0) is 26.4. The molecular formula is C28H28N2O6S. The number of benzene rings is 3. The molecule has 0 bridgehead atoms. The van der Waals surface area contributed by atoms with Crippen LogP contribution >= 0.6 is 12.2 Å². The lowest BCUT2D eigenvalue weighted by atomic mass is 9.90. The summed E-state index contributed by atoms with van der Waals surface area (Å²) < 4.78 is 11.0. The lowest BCUT2D eigenvalue weighted by molar-refractivity contribution is 0.0697. The summed E-state index contributed by atoms with van der Waals surface area (Å²) in [6.07, 6.45) is 4.15. The van der Waals surface area contributed by atoms with E-state index in [1.165, 1.54) is 30.3 Å². The number of fused-ring (bicyclic) bond motifs is 2. The quantitative estimate of drug-likeness (QED) is 0.123. The van der Waals surface area contributed by atoms with Crippen molar-refractivity contribution in [3.63, 3.8) is 0 Å². The Kier molecular flexibility index (Phi) is 8.37. The van der Waals surface area contributed by atoms with Gasteiger partial charge in [-0.1, -0.05) is 12.8 Å². The summed E-state index contributed by atoms with van der Waals surface area (Å²) in [6.45, 7) is 1.48. The molecule has 0 radical (unpaired) electrons. The molecule has 0 spiro atoms. The normalized spacial score (nSPS) is 11.1. The maximum atomic E-state index is 12.2. The predicted octanol–water partition coefficient (Wildman–Crippen LogP) is 5.46. The Hall–Kier alpha value is -3.95. The summed E-state index contributed by atoms with van der Waals surface area (Å²) in [5, 5.41) is 27.3. The van der Waals surface area contributed by atoms with Crippen LogP contribution in [0, 0.1) is 0 Å². The Morgan fingerprint density at radius 2 is 1.81 bits per heavy atom. The van der Waals surface area contributed by atoms with Gasteiger partial charge >= 0.3 is 5.97 Å². The van der Waals surface area contributed by atoms with E-state index in [0.29, 0.717) is 38.5 Å². The zero-order valence-electron chi connectivity index (χ0n) is 20.4. The first-order valence-electron chi connectivity index (χ1n) is 12.0. The highest BCUT2D eigenvalue weighted by Crippen LogP contribution is 2.42. The molecule has 1 aliphatic heterocycles. The first-order chi connectivity index (χ1) is 17.9. The van der Waals surface area contributed by atoms with Crippen LogP contribution in [-0.2, 0) is 4.74 Å². The molecule has 0 saturated carbocycles. The van der Waals surface area contributed by atoms with Crippen LogP contribution < -0.4 is 16.1 Å². The molecule has 1 aliphatic carbocycles. The Bertz CT molecular complexity index is 1470. The second-order valence-electron chi connectivity index (χ2n) is 8.67. The number of hydrogen-bond donors (Lipinski definition) is 4. The van der Waals surface area contributed by atoms with Crippen LogP contribution in [0.25, 0.3) is 33.4 Å². The van der Waals surface area contributed by atoms with E-state index in [0.717, 1.165) is 38.8 Å². The average molecular weight is 521 g/mol. The molecule has 4 rings (SSSR count). The summed E-state index contributed by atoms with van der Waals surface area (Å²) in [7, 11) is 1.70. The molecule has 2 aromatic carbocycles. The number of thiocarbonyl (C=S) groups is 1. The lowest BCUT2D eigenvalue weighted by Gasteiger charge is -2.18. The van der Waals surface area contributed by atoms with E-state index in [-0.39, 0.29) is 22.5 Å². The molecule has 192 valence electrons. The summed E-state index contributed by atoms with van der Waals surface area (Å²) in [6, 6.07) is 13.9. The molecule has 0 atom stereocenters. The van der Waals surface area contributed by atoms with Crippen molar-refractivity contribution in [3.8, 4) is 28.2 Å². The molecule has 37 heavy (non-hydrogen) atoms. The number of unbranched alkanes of at least 4 members (excludes halogenated alkanes) is 3. The third kappa shape index (κ3) is 6.25. The van der Waals surface area contributed by atoms with Crippen molar-refractivity contribution in [2.24, 2.45) is 0 Å². The number of aromatic carboxylic acids is 1. The molecule has 0 amide bonds. The third-order valence-electron chi connectivity index (χ3n) is 6.01. The number of phenols is 1. The highest BCUT2D eigenvalue weighted by Gasteiger charge is 2.22. The number of aromatic hydroxyl groups is 1. The van der Waals surface area contributed by atoms with Gasteiger partial charge in [-0.25, -0.2) is 4.79 Å². The van der Waals surface area contributed by atoms with Crippen molar-refractivity contribution < 1.29 is 24.2 Å². The van der Waals surface area contributed by atoms with E-state index in [9.17, 15) is 19.8 Å². The van der Waals surface area contributed by atoms with Crippen molar-refractivity contribution >= 4 is 40.0 Å². The number of ether oxygens (including phenoxy) is 1. The van der Waals surface area contributed by atoms with E-state index in [1.807, 2.05) is 0 Å². The second-order valence-corrected chi connectivity index (χ2v) is 9.08. The molecule has 9 heteroatoms. The minimum Gasteiger partial charge on any atom is -0.508 e. The largest absolute Gasteiger partial charge is 0.508 e. The van der Waals surface area contributed by atoms with E-state index >= 15 is 0 Å². The third-order valence-corrected chi connectivity index (χ3v) is 6.26. The topological polar surface area (TPSA) is 121 Å². The molecule has 2 aliphatic rings. The van der Waals surface area contributed by atoms with Crippen LogP contribution in [0.15, 0.2) is 63.8 Å². The van der Waals surface area contributed by atoms with Gasteiger partial charge in [0.1, 0.15) is 17.1 Å². The summed E-state index contributed by atoms with van der Waals surface area (Å²) in [5.74, 6) is -0.821. The van der Waals surface area contributed by atoms with Crippen molar-refractivity contribution in [1.29, 1.82) is 0 Å². The molecule has 0 fully saturated rings. The van der Waals surface area contributed by atoms with E-state index in [2.05, 4.69) is 10.6 Å².